The Labute approximate surface area is 252 Å². The number of carbonyl (C=O) groups is 1. The van der Waals surface area contributed by atoms with Crippen LogP contribution in [0.3, 0.4) is 0 Å². The topological polar surface area (TPSA) is 62.4 Å². The third-order valence-electron chi connectivity index (χ3n) is 7.58. The van der Waals surface area contributed by atoms with Gasteiger partial charge in [-0.05, 0) is 86.2 Å². The number of carbonyl (C=O) groups excluding carboxylic acids is 1. The van der Waals surface area contributed by atoms with Crippen LogP contribution in [0.25, 0.3) is 10.4 Å². The number of thiophene rings is 1. The third-order valence-corrected chi connectivity index (χ3v) is 8.71. The molecule has 4 rings (SSSR count). The molecule has 2 aromatic carbocycles. The Morgan fingerprint density at radius 2 is 1.85 bits per heavy atom. The average molecular weight is 578 g/mol. The predicted octanol–water partition coefficient (Wildman–Crippen LogP) is 8.29. The maximum absolute atomic E-state index is 13.2. The molecule has 3 aromatic rings. The lowest BCUT2D eigenvalue weighted by Crippen LogP contribution is -2.50. The van der Waals surface area contributed by atoms with Crippen molar-refractivity contribution in [3.05, 3.63) is 76.2 Å². The van der Waals surface area contributed by atoms with Crippen molar-refractivity contribution < 1.29 is 9.53 Å². The van der Waals surface area contributed by atoms with Crippen LogP contribution in [0, 0.1) is 12.8 Å². The molecule has 1 fully saturated rings. The zero-order chi connectivity index (χ0) is 29.6. The van der Waals surface area contributed by atoms with E-state index in [1.165, 1.54) is 47.4 Å². The summed E-state index contributed by atoms with van der Waals surface area (Å²) in [4.78, 5) is 15.8. The Morgan fingerprint density at radius 1 is 1.05 bits per heavy atom. The molecular formula is C35H51N3O2S. The minimum absolute atomic E-state index is 0.0765. The first-order chi connectivity index (χ1) is 20.0. The van der Waals surface area contributed by atoms with E-state index in [0.717, 1.165) is 49.0 Å². The van der Waals surface area contributed by atoms with Gasteiger partial charge in [0.15, 0.2) is 0 Å². The van der Waals surface area contributed by atoms with E-state index in [0.29, 0.717) is 5.56 Å². The monoisotopic (exact) mass is 577 g/mol. The lowest BCUT2D eigenvalue weighted by molar-refractivity contribution is 0.0937. The fourth-order valence-electron chi connectivity index (χ4n) is 5.05. The quantitative estimate of drug-likeness (QED) is 0.170. The number of amides is 1. The molecule has 2 atom stereocenters. The number of aryl methyl sites for hydroxylation is 1. The van der Waals surface area contributed by atoms with Crippen LogP contribution in [0.4, 0.5) is 0 Å². The molecule has 5 nitrogen and oxygen atoms in total. The summed E-state index contributed by atoms with van der Waals surface area (Å²) in [5, 5.41) is 10.1. The molecule has 6 heteroatoms. The van der Waals surface area contributed by atoms with Crippen LogP contribution in [-0.4, -0.2) is 31.6 Å². The van der Waals surface area contributed by atoms with Crippen molar-refractivity contribution in [3.8, 4) is 16.2 Å². The maximum Gasteiger partial charge on any atom is 0.252 e. The molecule has 0 saturated carbocycles. The van der Waals surface area contributed by atoms with Gasteiger partial charge in [0.2, 0.25) is 0 Å². The van der Waals surface area contributed by atoms with Gasteiger partial charge in [0.25, 0.3) is 5.91 Å². The normalized spacial score (nSPS) is 14.4. The van der Waals surface area contributed by atoms with Gasteiger partial charge in [-0.2, -0.15) is 0 Å². The second-order valence-corrected chi connectivity index (χ2v) is 12.1. The van der Waals surface area contributed by atoms with Crippen molar-refractivity contribution in [3.63, 3.8) is 0 Å². The standard InChI is InChI=1S/C33H45N3O2S.C2H6/c1-5-7-10-25(9-6-2)19-34-22-30-15-16-32(39-30)27-12-8-11-26(17-27)24(4)36-33(37)31-18-28(14-13-23(31)3)38-29-20-35-21-29;1-2/h8,11-18,24-25,29,34-35H,5-7,9-10,19-22H2,1-4H3,(H,36,37);1-2H3. The molecule has 1 amide bonds. The number of benzene rings is 2. The molecule has 1 aromatic heterocycles. The highest BCUT2D eigenvalue weighted by Crippen LogP contribution is 2.30. The van der Waals surface area contributed by atoms with Crippen molar-refractivity contribution in [1.29, 1.82) is 0 Å². The van der Waals surface area contributed by atoms with Gasteiger partial charge < -0.3 is 20.7 Å². The molecule has 41 heavy (non-hydrogen) atoms. The minimum Gasteiger partial charge on any atom is -0.488 e. The highest BCUT2D eigenvalue weighted by atomic mass is 32.1. The molecule has 224 valence electrons. The lowest BCUT2D eigenvalue weighted by Gasteiger charge is -2.28. The summed E-state index contributed by atoms with van der Waals surface area (Å²) in [5.41, 5.74) is 3.89. The maximum atomic E-state index is 13.2. The van der Waals surface area contributed by atoms with E-state index in [9.17, 15) is 4.79 Å². The Hall–Kier alpha value is -2.67. The Bertz CT molecular complexity index is 1200. The third kappa shape index (κ3) is 9.98. The SMILES string of the molecule is CC.CCCCC(CCC)CNCc1ccc(-c2cccc(C(C)NC(=O)c3cc(OC4CNC4)ccc3C)c2)s1. The Balaban J connectivity index is 0.00000226. The summed E-state index contributed by atoms with van der Waals surface area (Å²) >= 11 is 1.85. The summed E-state index contributed by atoms with van der Waals surface area (Å²) in [7, 11) is 0. The minimum atomic E-state index is -0.114. The van der Waals surface area contributed by atoms with E-state index in [4.69, 9.17) is 4.74 Å². The van der Waals surface area contributed by atoms with Crippen LogP contribution in [0.15, 0.2) is 54.6 Å². The van der Waals surface area contributed by atoms with Gasteiger partial charge in [0, 0.05) is 35.0 Å². The van der Waals surface area contributed by atoms with Crippen molar-refractivity contribution in [1.82, 2.24) is 16.0 Å². The van der Waals surface area contributed by atoms with E-state index >= 15 is 0 Å². The lowest BCUT2D eigenvalue weighted by atomic mass is 9.97. The molecule has 0 aliphatic carbocycles. The smallest absolute Gasteiger partial charge is 0.252 e. The Kier molecular flexibility index (Phi) is 13.9. The number of rotatable bonds is 15. The van der Waals surface area contributed by atoms with Crippen molar-refractivity contribution >= 4 is 17.2 Å². The van der Waals surface area contributed by atoms with Gasteiger partial charge in [0.05, 0.1) is 6.04 Å². The predicted molar refractivity (Wildman–Crippen MR) is 175 cm³/mol. The molecule has 1 saturated heterocycles. The van der Waals surface area contributed by atoms with E-state index < -0.39 is 0 Å². The summed E-state index contributed by atoms with van der Waals surface area (Å²) in [6.07, 6.45) is 6.67. The number of hydrogen-bond acceptors (Lipinski definition) is 5. The molecule has 3 N–H and O–H groups in total. The van der Waals surface area contributed by atoms with Crippen LogP contribution in [0.5, 0.6) is 5.75 Å². The molecule has 2 unspecified atom stereocenters. The van der Waals surface area contributed by atoms with Crippen LogP contribution < -0.4 is 20.7 Å². The fraction of sp³-hybridized carbons (Fsp3) is 0.514. The van der Waals surface area contributed by atoms with Crippen molar-refractivity contribution in [2.24, 2.45) is 5.92 Å². The van der Waals surface area contributed by atoms with E-state index in [2.05, 4.69) is 66.2 Å². The molecular weight excluding hydrogens is 526 g/mol. The van der Waals surface area contributed by atoms with E-state index in [1.54, 1.807) is 0 Å². The summed E-state index contributed by atoms with van der Waals surface area (Å²) in [6.45, 7) is 16.3. The van der Waals surface area contributed by atoms with Crippen LogP contribution in [0.2, 0.25) is 0 Å². The zero-order valence-corrected chi connectivity index (χ0v) is 26.8. The van der Waals surface area contributed by atoms with Gasteiger partial charge >= 0.3 is 0 Å². The van der Waals surface area contributed by atoms with Gasteiger partial charge in [-0.1, -0.05) is 71.2 Å². The largest absolute Gasteiger partial charge is 0.488 e. The fourth-order valence-corrected chi connectivity index (χ4v) is 6.03. The number of ether oxygens (including phenoxy) is 1. The molecule has 0 radical (unpaired) electrons. The Morgan fingerprint density at radius 3 is 2.56 bits per heavy atom. The van der Waals surface area contributed by atoms with Crippen LogP contribution >= 0.6 is 11.3 Å². The second kappa shape index (κ2) is 17.3. The first kappa shape index (κ1) is 32.8. The van der Waals surface area contributed by atoms with Crippen molar-refractivity contribution in [2.75, 3.05) is 19.6 Å². The first-order valence-electron chi connectivity index (χ1n) is 15.7. The van der Waals surface area contributed by atoms with Gasteiger partial charge in [-0.15, -0.1) is 11.3 Å². The first-order valence-corrected chi connectivity index (χ1v) is 16.5. The highest BCUT2D eigenvalue weighted by molar-refractivity contribution is 7.15. The average Bonchev–Trinajstić information content (AvgIpc) is 3.44. The van der Waals surface area contributed by atoms with Gasteiger partial charge in [0.1, 0.15) is 11.9 Å². The summed E-state index contributed by atoms with van der Waals surface area (Å²) in [5.74, 6) is 1.45. The van der Waals surface area contributed by atoms with Gasteiger partial charge in [-0.25, -0.2) is 0 Å². The van der Waals surface area contributed by atoms with Crippen molar-refractivity contribution in [2.45, 2.75) is 92.3 Å². The summed E-state index contributed by atoms with van der Waals surface area (Å²) < 4.78 is 5.97. The van der Waals surface area contributed by atoms with E-state index in [-0.39, 0.29) is 18.1 Å². The molecule has 2 heterocycles. The molecule has 1 aliphatic heterocycles. The highest BCUT2D eigenvalue weighted by Gasteiger charge is 2.20. The molecule has 1 aliphatic rings. The number of nitrogens with one attached hydrogen (secondary N) is 3. The second-order valence-electron chi connectivity index (χ2n) is 10.9. The molecule has 0 spiro atoms. The number of unbranched alkanes of at least 4 members (excludes halogenated alkanes) is 1. The number of hydrogen-bond donors (Lipinski definition) is 3. The van der Waals surface area contributed by atoms with Crippen LogP contribution in [-0.2, 0) is 6.54 Å². The zero-order valence-electron chi connectivity index (χ0n) is 26.0. The van der Waals surface area contributed by atoms with Gasteiger partial charge in [-0.3, -0.25) is 4.79 Å². The van der Waals surface area contributed by atoms with Crippen LogP contribution in [0.1, 0.15) is 99.1 Å². The summed E-state index contributed by atoms with van der Waals surface area (Å²) in [6, 6.07) is 18.6. The van der Waals surface area contributed by atoms with E-state index in [1.807, 2.05) is 57.2 Å². The molecule has 0 bridgehead atoms.